The third-order valence-electron chi connectivity index (χ3n) is 2.74. The SMILES string of the molecule is CCNC(C)CCc1ccc(OCC(F)(F)F)cc1. The van der Waals surface area contributed by atoms with Gasteiger partial charge in [-0.2, -0.15) is 13.2 Å². The molecule has 2 nitrogen and oxygen atoms in total. The average molecular weight is 275 g/mol. The number of benzene rings is 1. The summed E-state index contributed by atoms with van der Waals surface area (Å²) in [5.41, 5.74) is 1.10. The lowest BCUT2D eigenvalue weighted by Gasteiger charge is -2.12. The Morgan fingerprint density at radius 1 is 1.21 bits per heavy atom. The molecular formula is C14H20F3NO. The maximum absolute atomic E-state index is 12.0. The molecule has 5 heteroatoms. The van der Waals surface area contributed by atoms with Gasteiger partial charge in [-0.15, -0.1) is 0 Å². The summed E-state index contributed by atoms with van der Waals surface area (Å²) >= 11 is 0. The molecule has 1 atom stereocenters. The number of rotatable bonds is 7. The lowest BCUT2D eigenvalue weighted by Crippen LogP contribution is -2.25. The Hall–Kier alpha value is -1.23. The molecule has 0 heterocycles. The molecule has 1 rings (SSSR count). The summed E-state index contributed by atoms with van der Waals surface area (Å²) in [6.45, 7) is 3.86. The number of aryl methyl sites for hydroxylation is 1. The molecule has 19 heavy (non-hydrogen) atoms. The van der Waals surface area contributed by atoms with E-state index in [2.05, 4.69) is 23.9 Å². The van der Waals surface area contributed by atoms with E-state index < -0.39 is 12.8 Å². The second-order valence-corrected chi connectivity index (χ2v) is 4.55. The maximum atomic E-state index is 12.0. The van der Waals surface area contributed by atoms with E-state index in [0.29, 0.717) is 6.04 Å². The summed E-state index contributed by atoms with van der Waals surface area (Å²) < 4.78 is 40.6. The molecule has 0 fully saturated rings. The van der Waals surface area contributed by atoms with Crippen molar-refractivity contribution in [3.63, 3.8) is 0 Å². The molecular weight excluding hydrogens is 255 g/mol. The molecule has 1 N–H and O–H groups in total. The van der Waals surface area contributed by atoms with E-state index in [1.54, 1.807) is 12.1 Å². The molecule has 0 saturated heterocycles. The molecule has 0 amide bonds. The monoisotopic (exact) mass is 275 g/mol. The first kappa shape index (κ1) is 15.8. The van der Waals surface area contributed by atoms with Gasteiger partial charge in [0.1, 0.15) is 5.75 Å². The van der Waals surface area contributed by atoms with Gasteiger partial charge in [0, 0.05) is 6.04 Å². The minimum atomic E-state index is -4.29. The van der Waals surface area contributed by atoms with Crippen LogP contribution < -0.4 is 10.1 Å². The van der Waals surface area contributed by atoms with Gasteiger partial charge >= 0.3 is 6.18 Å². The predicted octanol–water partition coefficient (Wildman–Crippen LogP) is 3.56. The second kappa shape index (κ2) is 7.38. The molecule has 108 valence electrons. The van der Waals surface area contributed by atoms with Gasteiger partial charge < -0.3 is 10.1 Å². The van der Waals surface area contributed by atoms with E-state index in [1.807, 2.05) is 12.1 Å². The van der Waals surface area contributed by atoms with Crippen molar-refractivity contribution in [3.05, 3.63) is 29.8 Å². The Bertz CT molecular complexity index is 362. The fourth-order valence-electron chi connectivity index (χ4n) is 1.75. The van der Waals surface area contributed by atoms with Gasteiger partial charge in [-0.3, -0.25) is 0 Å². The van der Waals surface area contributed by atoms with Crippen LogP contribution in [-0.4, -0.2) is 25.4 Å². The number of halogens is 3. The molecule has 0 aliphatic rings. The van der Waals surface area contributed by atoms with E-state index in [0.717, 1.165) is 24.9 Å². The smallest absolute Gasteiger partial charge is 0.422 e. The molecule has 1 unspecified atom stereocenters. The molecule has 0 aromatic heterocycles. The van der Waals surface area contributed by atoms with E-state index in [1.165, 1.54) is 0 Å². The number of alkyl halides is 3. The zero-order valence-corrected chi connectivity index (χ0v) is 11.3. The van der Waals surface area contributed by atoms with Crippen LogP contribution >= 0.6 is 0 Å². The third-order valence-corrected chi connectivity index (χ3v) is 2.74. The fourth-order valence-corrected chi connectivity index (χ4v) is 1.75. The Morgan fingerprint density at radius 3 is 2.37 bits per heavy atom. The van der Waals surface area contributed by atoms with Crippen molar-refractivity contribution in [2.45, 2.75) is 38.9 Å². The minimum Gasteiger partial charge on any atom is -0.484 e. The maximum Gasteiger partial charge on any atom is 0.422 e. The number of hydrogen-bond acceptors (Lipinski definition) is 2. The summed E-state index contributed by atoms with van der Waals surface area (Å²) in [7, 11) is 0. The lowest BCUT2D eigenvalue weighted by molar-refractivity contribution is -0.153. The first-order chi connectivity index (χ1) is 8.90. The zero-order chi connectivity index (χ0) is 14.3. The highest BCUT2D eigenvalue weighted by Crippen LogP contribution is 2.19. The summed E-state index contributed by atoms with van der Waals surface area (Å²) in [4.78, 5) is 0. The van der Waals surface area contributed by atoms with E-state index in [9.17, 15) is 13.2 Å². The van der Waals surface area contributed by atoms with Crippen molar-refractivity contribution >= 4 is 0 Å². The number of hydrogen-bond donors (Lipinski definition) is 1. The van der Waals surface area contributed by atoms with Gasteiger partial charge in [0.2, 0.25) is 0 Å². The number of nitrogens with one attached hydrogen (secondary N) is 1. The third kappa shape index (κ3) is 7.06. The summed E-state index contributed by atoms with van der Waals surface area (Å²) in [6, 6.07) is 7.22. The largest absolute Gasteiger partial charge is 0.484 e. The first-order valence-corrected chi connectivity index (χ1v) is 6.42. The summed E-state index contributed by atoms with van der Waals surface area (Å²) in [5.74, 6) is 0.251. The normalized spacial score (nSPS) is 13.3. The predicted molar refractivity (Wildman–Crippen MR) is 69.5 cm³/mol. The molecule has 0 radical (unpaired) electrons. The van der Waals surface area contributed by atoms with Crippen molar-refractivity contribution < 1.29 is 17.9 Å². The highest BCUT2D eigenvalue weighted by Gasteiger charge is 2.28. The van der Waals surface area contributed by atoms with Crippen LogP contribution in [-0.2, 0) is 6.42 Å². The topological polar surface area (TPSA) is 21.3 Å². The molecule has 0 saturated carbocycles. The Kier molecular flexibility index (Phi) is 6.15. The fraction of sp³-hybridized carbons (Fsp3) is 0.571. The van der Waals surface area contributed by atoms with Crippen molar-refractivity contribution in [3.8, 4) is 5.75 Å². The van der Waals surface area contributed by atoms with Crippen LogP contribution in [0.4, 0.5) is 13.2 Å². The van der Waals surface area contributed by atoms with Crippen molar-refractivity contribution in [1.29, 1.82) is 0 Å². The van der Waals surface area contributed by atoms with Crippen LogP contribution in [0.1, 0.15) is 25.8 Å². The van der Waals surface area contributed by atoms with Gasteiger partial charge in [0.05, 0.1) is 0 Å². The van der Waals surface area contributed by atoms with Gasteiger partial charge in [-0.05, 0) is 44.0 Å². The van der Waals surface area contributed by atoms with Gasteiger partial charge in [0.15, 0.2) is 6.61 Å². The molecule has 0 aliphatic carbocycles. The van der Waals surface area contributed by atoms with Crippen LogP contribution in [0.3, 0.4) is 0 Å². The standard InChI is InChI=1S/C14H20F3NO/c1-3-18-11(2)4-5-12-6-8-13(9-7-12)19-10-14(15,16)17/h6-9,11,18H,3-5,10H2,1-2H3. The Morgan fingerprint density at radius 2 is 1.84 bits per heavy atom. The van der Waals surface area contributed by atoms with Crippen molar-refractivity contribution in [2.24, 2.45) is 0 Å². The summed E-state index contributed by atoms with van der Waals surface area (Å²) in [5, 5.41) is 3.31. The van der Waals surface area contributed by atoms with Crippen LogP contribution in [0.15, 0.2) is 24.3 Å². The second-order valence-electron chi connectivity index (χ2n) is 4.55. The van der Waals surface area contributed by atoms with Crippen LogP contribution in [0.5, 0.6) is 5.75 Å². The van der Waals surface area contributed by atoms with Crippen molar-refractivity contribution in [2.75, 3.05) is 13.2 Å². The van der Waals surface area contributed by atoms with Gasteiger partial charge in [-0.25, -0.2) is 0 Å². The van der Waals surface area contributed by atoms with Crippen LogP contribution in [0, 0.1) is 0 Å². The average Bonchev–Trinajstić information content (AvgIpc) is 2.34. The highest BCUT2D eigenvalue weighted by atomic mass is 19.4. The van der Waals surface area contributed by atoms with E-state index >= 15 is 0 Å². The molecule has 1 aromatic carbocycles. The van der Waals surface area contributed by atoms with Crippen LogP contribution in [0.25, 0.3) is 0 Å². The number of ether oxygens (including phenoxy) is 1. The first-order valence-electron chi connectivity index (χ1n) is 6.42. The quantitative estimate of drug-likeness (QED) is 0.821. The van der Waals surface area contributed by atoms with Crippen molar-refractivity contribution in [1.82, 2.24) is 5.32 Å². The minimum absolute atomic E-state index is 0.251. The molecule has 0 spiro atoms. The highest BCUT2D eigenvalue weighted by molar-refractivity contribution is 5.27. The zero-order valence-electron chi connectivity index (χ0n) is 11.3. The Labute approximate surface area is 112 Å². The van der Waals surface area contributed by atoms with E-state index in [4.69, 9.17) is 0 Å². The van der Waals surface area contributed by atoms with Gasteiger partial charge in [0.25, 0.3) is 0 Å². The van der Waals surface area contributed by atoms with E-state index in [-0.39, 0.29) is 5.75 Å². The van der Waals surface area contributed by atoms with Gasteiger partial charge in [-0.1, -0.05) is 19.1 Å². The molecule has 0 bridgehead atoms. The lowest BCUT2D eigenvalue weighted by atomic mass is 10.1. The Balaban J connectivity index is 2.39. The summed E-state index contributed by atoms with van der Waals surface area (Å²) in [6.07, 6.45) is -2.40. The molecule has 0 aliphatic heterocycles. The molecule has 1 aromatic rings. The van der Waals surface area contributed by atoms with Crippen LogP contribution in [0.2, 0.25) is 0 Å².